The summed E-state index contributed by atoms with van der Waals surface area (Å²) in [7, 11) is 0. The van der Waals surface area contributed by atoms with Gasteiger partial charge in [0.15, 0.2) is 5.96 Å². The summed E-state index contributed by atoms with van der Waals surface area (Å²) in [6.07, 6.45) is 3.44. The summed E-state index contributed by atoms with van der Waals surface area (Å²) in [5, 5.41) is 16.6. The maximum absolute atomic E-state index is 12.2. The molecule has 3 N–H and O–H groups in total. The molecule has 1 aromatic carbocycles. The van der Waals surface area contributed by atoms with Gasteiger partial charge in [0.05, 0.1) is 12.6 Å². The number of guanidine groups is 1. The zero-order valence-corrected chi connectivity index (χ0v) is 17.6. The predicted molar refractivity (Wildman–Crippen MR) is 117 cm³/mol. The molecule has 0 amide bonds. The molecular weight excluding hydrogens is 404 g/mol. The van der Waals surface area contributed by atoms with Crippen molar-refractivity contribution in [2.75, 3.05) is 31.1 Å². The first-order valence-corrected chi connectivity index (χ1v) is 10.5. The highest BCUT2D eigenvalue weighted by molar-refractivity contribution is 5.79. The summed E-state index contributed by atoms with van der Waals surface area (Å²) in [4.78, 5) is 11.4. The summed E-state index contributed by atoms with van der Waals surface area (Å²) >= 11 is 0. The van der Waals surface area contributed by atoms with Gasteiger partial charge < -0.3 is 25.4 Å². The molecule has 0 radical (unpaired) electrons. The van der Waals surface area contributed by atoms with Crippen LogP contribution in [0.15, 0.2) is 47.6 Å². The minimum atomic E-state index is -2.87. The van der Waals surface area contributed by atoms with E-state index in [0.717, 1.165) is 24.5 Å². The highest BCUT2D eigenvalue weighted by Gasteiger charge is 2.13. The summed E-state index contributed by atoms with van der Waals surface area (Å²) in [5.74, 6) is 1.63. The Bertz CT molecular complexity index is 825. The van der Waals surface area contributed by atoms with E-state index in [1.165, 1.54) is 25.0 Å². The second-order valence-electron chi connectivity index (χ2n) is 7.26. The van der Waals surface area contributed by atoms with Gasteiger partial charge in [-0.25, -0.2) is 9.98 Å². The van der Waals surface area contributed by atoms with Crippen molar-refractivity contribution < 1.29 is 18.6 Å². The van der Waals surface area contributed by atoms with Gasteiger partial charge >= 0.3 is 6.61 Å². The van der Waals surface area contributed by atoms with Crippen LogP contribution in [-0.4, -0.2) is 48.8 Å². The first-order valence-electron chi connectivity index (χ1n) is 10.5. The van der Waals surface area contributed by atoms with E-state index in [9.17, 15) is 13.9 Å². The molecular formula is C22H29F2N5O2. The smallest absolute Gasteiger partial charge is 0.387 e. The molecule has 2 heterocycles. The molecule has 1 atom stereocenters. The van der Waals surface area contributed by atoms with Crippen molar-refractivity contribution in [2.45, 2.75) is 39.0 Å². The topological polar surface area (TPSA) is 82.0 Å². The number of pyridine rings is 1. The number of anilines is 1. The van der Waals surface area contributed by atoms with Crippen molar-refractivity contribution in [1.82, 2.24) is 15.6 Å². The number of halogens is 2. The Morgan fingerprint density at radius 3 is 2.52 bits per heavy atom. The van der Waals surface area contributed by atoms with Crippen LogP contribution in [0.3, 0.4) is 0 Å². The van der Waals surface area contributed by atoms with Crippen LogP contribution in [0, 0.1) is 0 Å². The fourth-order valence-corrected chi connectivity index (χ4v) is 3.34. The first kappa shape index (κ1) is 22.7. The van der Waals surface area contributed by atoms with Crippen molar-refractivity contribution in [2.24, 2.45) is 4.99 Å². The Kier molecular flexibility index (Phi) is 8.40. The van der Waals surface area contributed by atoms with Crippen molar-refractivity contribution in [3.8, 4) is 5.75 Å². The number of alkyl halides is 2. The number of nitrogens with one attached hydrogen (secondary N) is 2. The number of aliphatic imine (C=N–C) groups is 1. The lowest BCUT2D eigenvalue weighted by Gasteiger charge is -2.17. The van der Waals surface area contributed by atoms with Crippen LogP contribution in [0.4, 0.5) is 14.6 Å². The Hall–Kier alpha value is -2.94. The molecule has 3 rings (SSSR count). The average molecular weight is 434 g/mol. The van der Waals surface area contributed by atoms with Gasteiger partial charge in [-0.15, -0.1) is 0 Å². The van der Waals surface area contributed by atoms with Gasteiger partial charge in [-0.2, -0.15) is 8.78 Å². The third kappa shape index (κ3) is 7.06. The number of aromatic nitrogens is 1. The lowest BCUT2D eigenvalue weighted by Crippen LogP contribution is -2.39. The van der Waals surface area contributed by atoms with Gasteiger partial charge in [0.1, 0.15) is 11.6 Å². The maximum atomic E-state index is 12.2. The molecule has 7 nitrogen and oxygen atoms in total. The summed E-state index contributed by atoms with van der Waals surface area (Å²) in [6.45, 7) is 2.55. The van der Waals surface area contributed by atoms with E-state index in [-0.39, 0.29) is 12.3 Å². The third-order valence-electron chi connectivity index (χ3n) is 4.96. The van der Waals surface area contributed by atoms with Crippen LogP contribution < -0.4 is 20.3 Å². The van der Waals surface area contributed by atoms with Gasteiger partial charge in [0.2, 0.25) is 0 Å². The lowest BCUT2D eigenvalue weighted by atomic mass is 10.1. The van der Waals surface area contributed by atoms with E-state index in [2.05, 4.69) is 30.2 Å². The second kappa shape index (κ2) is 11.5. The van der Waals surface area contributed by atoms with Gasteiger partial charge in [-0.1, -0.05) is 18.2 Å². The molecule has 31 heavy (non-hydrogen) atoms. The molecule has 0 bridgehead atoms. The monoisotopic (exact) mass is 433 g/mol. The Labute approximate surface area is 181 Å². The number of nitrogens with zero attached hydrogens (tertiary/aromatic N) is 3. The third-order valence-corrected chi connectivity index (χ3v) is 4.96. The maximum Gasteiger partial charge on any atom is 0.387 e. The minimum Gasteiger partial charge on any atom is -0.435 e. The van der Waals surface area contributed by atoms with E-state index in [4.69, 9.17) is 0 Å². The van der Waals surface area contributed by atoms with Crippen LogP contribution in [0.25, 0.3) is 0 Å². The number of aliphatic hydroxyl groups excluding tert-OH is 1. The van der Waals surface area contributed by atoms with Crippen LogP contribution in [0.5, 0.6) is 5.75 Å². The van der Waals surface area contributed by atoms with Crippen LogP contribution >= 0.6 is 0 Å². The molecule has 1 fully saturated rings. The number of ether oxygens (including phenoxy) is 1. The Balaban J connectivity index is 1.53. The quantitative estimate of drug-likeness (QED) is 0.417. The van der Waals surface area contributed by atoms with Gasteiger partial charge in [-0.05, 0) is 49.1 Å². The summed E-state index contributed by atoms with van der Waals surface area (Å²) in [5.41, 5.74) is 1.59. The minimum absolute atomic E-state index is 0.0539. The molecule has 9 heteroatoms. The van der Waals surface area contributed by atoms with Crippen LogP contribution in [0.1, 0.15) is 37.0 Å². The summed E-state index contributed by atoms with van der Waals surface area (Å²) < 4.78 is 28.8. The van der Waals surface area contributed by atoms with E-state index in [1.54, 1.807) is 12.1 Å². The molecule has 1 unspecified atom stereocenters. The molecule has 2 aromatic rings. The Morgan fingerprint density at radius 2 is 1.90 bits per heavy atom. The molecule has 168 valence electrons. The molecule has 1 aliphatic heterocycles. The van der Waals surface area contributed by atoms with Gasteiger partial charge in [-0.3, -0.25) is 0 Å². The molecule has 1 aliphatic rings. The number of hydrogen-bond acceptors (Lipinski definition) is 5. The lowest BCUT2D eigenvalue weighted by molar-refractivity contribution is -0.0498. The molecule has 1 saturated heterocycles. The molecule has 1 aromatic heterocycles. The van der Waals surface area contributed by atoms with Crippen molar-refractivity contribution in [3.63, 3.8) is 0 Å². The molecule has 0 aliphatic carbocycles. The second-order valence-corrected chi connectivity index (χ2v) is 7.26. The van der Waals surface area contributed by atoms with Gasteiger partial charge in [0, 0.05) is 32.4 Å². The fraction of sp³-hybridized carbons (Fsp3) is 0.455. The number of rotatable bonds is 9. The normalized spacial score (nSPS) is 15.3. The SMILES string of the molecule is CCNC(=NCc1ccc(N2CCCC2)nc1)NCC(O)c1ccc(OC(F)F)cc1. The molecule has 0 saturated carbocycles. The standard InChI is InChI=1S/C22H29F2N5O2/c1-2-25-22(27-14-16-5-10-20(26-13-16)29-11-3-4-12-29)28-15-19(30)17-6-8-18(9-7-17)31-21(23)24/h5-10,13,19,21,30H,2-4,11-12,14-15H2,1H3,(H2,25,27,28). The Morgan fingerprint density at radius 1 is 1.16 bits per heavy atom. The largest absolute Gasteiger partial charge is 0.435 e. The fourth-order valence-electron chi connectivity index (χ4n) is 3.34. The zero-order valence-electron chi connectivity index (χ0n) is 17.6. The van der Waals surface area contributed by atoms with Crippen LogP contribution in [-0.2, 0) is 6.54 Å². The van der Waals surface area contributed by atoms with Crippen LogP contribution in [0.2, 0.25) is 0 Å². The predicted octanol–water partition coefficient (Wildman–Crippen LogP) is 3.07. The van der Waals surface area contributed by atoms with E-state index in [1.807, 2.05) is 25.3 Å². The number of aliphatic hydroxyl groups is 1. The zero-order chi connectivity index (χ0) is 22.1. The van der Waals surface area contributed by atoms with Crippen molar-refractivity contribution >= 4 is 11.8 Å². The average Bonchev–Trinajstić information content (AvgIpc) is 3.31. The van der Waals surface area contributed by atoms with E-state index >= 15 is 0 Å². The first-order chi connectivity index (χ1) is 15.0. The van der Waals surface area contributed by atoms with Crippen molar-refractivity contribution in [3.05, 3.63) is 53.7 Å². The van der Waals surface area contributed by atoms with E-state index < -0.39 is 12.7 Å². The number of hydrogen-bond donors (Lipinski definition) is 3. The van der Waals surface area contributed by atoms with E-state index in [0.29, 0.717) is 24.6 Å². The highest BCUT2D eigenvalue weighted by Crippen LogP contribution is 2.19. The van der Waals surface area contributed by atoms with Crippen molar-refractivity contribution in [1.29, 1.82) is 0 Å². The highest BCUT2D eigenvalue weighted by atomic mass is 19.3. The van der Waals surface area contributed by atoms with Gasteiger partial charge in [0.25, 0.3) is 0 Å². The molecule has 0 spiro atoms. The summed E-state index contributed by atoms with van der Waals surface area (Å²) in [6, 6.07) is 9.99. The number of benzene rings is 1.